The van der Waals surface area contributed by atoms with Crippen LogP contribution in [0.4, 0.5) is 13.2 Å². The lowest BCUT2D eigenvalue weighted by Crippen LogP contribution is -2.19. The summed E-state index contributed by atoms with van der Waals surface area (Å²) < 4.78 is 62.1. The third kappa shape index (κ3) is 4.72. The molecule has 0 aliphatic rings. The van der Waals surface area contributed by atoms with Crippen LogP contribution in [0.1, 0.15) is 0 Å². The molecular weight excluding hydrogens is 349 g/mol. The van der Waals surface area contributed by atoms with Gasteiger partial charge in [0.05, 0.1) is 9.37 Å². The number of rotatable bonds is 3. The number of benzene rings is 1. The summed E-state index contributed by atoms with van der Waals surface area (Å²) >= 11 is 2.89. The van der Waals surface area contributed by atoms with Gasteiger partial charge < -0.3 is 4.74 Å². The van der Waals surface area contributed by atoms with Gasteiger partial charge in [-0.05, 0) is 34.1 Å². The molecule has 9 heteroatoms. The highest BCUT2D eigenvalue weighted by Gasteiger charge is 2.28. The summed E-state index contributed by atoms with van der Waals surface area (Å²) in [5, 5.41) is 0. The fourth-order valence-corrected chi connectivity index (χ4v) is 2.33. The molecule has 0 saturated heterocycles. The van der Waals surface area contributed by atoms with Crippen LogP contribution in [0.3, 0.4) is 0 Å². The van der Waals surface area contributed by atoms with Crippen LogP contribution in [0.25, 0.3) is 0 Å². The quantitative estimate of drug-likeness (QED) is 0.783. The Hall–Kier alpha value is -0.470. The Labute approximate surface area is 108 Å². The molecule has 0 heterocycles. The van der Waals surface area contributed by atoms with Gasteiger partial charge in [-0.25, -0.2) is 8.42 Å². The van der Waals surface area contributed by atoms with Crippen molar-refractivity contribution in [1.82, 2.24) is 0 Å². The zero-order chi connectivity index (χ0) is 13.3. The van der Waals surface area contributed by atoms with E-state index < -0.39 is 21.8 Å². The fourth-order valence-electron chi connectivity index (χ4n) is 0.910. The van der Waals surface area contributed by atoms with Gasteiger partial charge in [0.1, 0.15) is 5.75 Å². The molecule has 96 valence electrons. The molecule has 3 nitrogen and oxygen atoms in total. The van der Waals surface area contributed by atoms with Gasteiger partial charge in [0, 0.05) is 10.7 Å². The number of hydrogen-bond donors (Lipinski definition) is 0. The molecular formula is C8H5BrClF3O3S. The van der Waals surface area contributed by atoms with Crippen LogP contribution in [0.5, 0.6) is 5.75 Å². The van der Waals surface area contributed by atoms with Crippen LogP contribution >= 0.6 is 26.6 Å². The van der Waals surface area contributed by atoms with Gasteiger partial charge in [-0.3, -0.25) is 0 Å². The van der Waals surface area contributed by atoms with Crippen molar-refractivity contribution in [1.29, 1.82) is 0 Å². The van der Waals surface area contributed by atoms with Crippen LogP contribution in [-0.4, -0.2) is 21.2 Å². The van der Waals surface area contributed by atoms with Crippen molar-refractivity contribution in [3.8, 4) is 5.75 Å². The molecule has 0 unspecified atom stereocenters. The minimum absolute atomic E-state index is 0.0727. The summed E-state index contributed by atoms with van der Waals surface area (Å²) in [4.78, 5) is -0.231. The predicted molar refractivity (Wildman–Crippen MR) is 58.7 cm³/mol. The highest BCUT2D eigenvalue weighted by atomic mass is 79.9. The molecule has 1 aromatic rings. The van der Waals surface area contributed by atoms with Crippen molar-refractivity contribution in [2.75, 3.05) is 6.61 Å². The monoisotopic (exact) mass is 352 g/mol. The lowest BCUT2D eigenvalue weighted by atomic mass is 10.3. The minimum atomic E-state index is -4.46. The molecule has 0 bridgehead atoms. The lowest BCUT2D eigenvalue weighted by molar-refractivity contribution is -0.153. The van der Waals surface area contributed by atoms with E-state index in [2.05, 4.69) is 20.7 Å². The van der Waals surface area contributed by atoms with E-state index in [1.165, 1.54) is 0 Å². The van der Waals surface area contributed by atoms with Crippen molar-refractivity contribution in [3.63, 3.8) is 0 Å². The summed E-state index contributed by atoms with van der Waals surface area (Å²) in [7, 11) is 1.14. The van der Waals surface area contributed by atoms with Crippen molar-refractivity contribution in [2.24, 2.45) is 0 Å². The van der Waals surface area contributed by atoms with Gasteiger partial charge >= 0.3 is 6.18 Å². The van der Waals surface area contributed by atoms with Crippen LogP contribution in [0.15, 0.2) is 27.6 Å². The first-order valence-corrected chi connectivity index (χ1v) is 7.13. The second-order valence-electron chi connectivity index (χ2n) is 2.93. The molecule has 0 atom stereocenters. The maximum Gasteiger partial charge on any atom is 0.422 e. The van der Waals surface area contributed by atoms with E-state index in [-0.39, 0.29) is 15.1 Å². The molecule has 1 rings (SSSR count). The highest BCUT2D eigenvalue weighted by Crippen LogP contribution is 2.30. The van der Waals surface area contributed by atoms with E-state index in [1.54, 1.807) is 0 Å². The van der Waals surface area contributed by atoms with E-state index in [1.807, 2.05) is 0 Å². The van der Waals surface area contributed by atoms with Gasteiger partial charge in [-0.2, -0.15) is 13.2 Å². The number of ether oxygens (including phenoxy) is 1. The average molecular weight is 354 g/mol. The Balaban J connectivity index is 2.92. The number of alkyl halides is 3. The van der Waals surface area contributed by atoms with Gasteiger partial charge in [0.25, 0.3) is 9.05 Å². The van der Waals surface area contributed by atoms with Crippen molar-refractivity contribution in [3.05, 3.63) is 22.7 Å². The minimum Gasteiger partial charge on any atom is -0.483 e. The van der Waals surface area contributed by atoms with Crippen molar-refractivity contribution >= 4 is 35.7 Å². The molecule has 17 heavy (non-hydrogen) atoms. The summed E-state index contributed by atoms with van der Waals surface area (Å²) in [6.07, 6.45) is -4.46. The molecule has 0 aromatic heterocycles. The lowest BCUT2D eigenvalue weighted by Gasteiger charge is -2.10. The fraction of sp³-hybridized carbons (Fsp3) is 0.250. The van der Waals surface area contributed by atoms with Gasteiger partial charge in [-0.15, -0.1) is 0 Å². The van der Waals surface area contributed by atoms with E-state index >= 15 is 0 Å². The molecule has 0 spiro atoms. The summed E-state index contributed by atoms with van der Waals surface area (Å²) in [6.45, 7) is -1.46. The third-order valence-electron chi connectivity index (χ3n) is 1.58. The SMILES string of the molecule is O=S(=O)(Cl)c1ccc(OCC(F)(F)F)c(Br)c1. The van der Waals surface area contributed by atoms with E-state index in [9.17, 15) is 21.6 Å². The second kappa shape index (κ2) is 5.03. The van der Waals surface area contributed by atoms with E-state index in [0.29, 0.717) is 0 Å². The largest absolute Gasteiger partial charge is 0.483 e. The third-order valence-corrected chi connectivity index (χ3v) is 3.55. The topological polar surface area (TPSA) is 43.4 Å². The molecule has 0 fully saturated rings. The highest BCUT2D eigenvalue weighted by molar-refractivity contribution is 9.10. The first-order chi connectivity index (χ1) is 7.59. The Kier molecular flexibility index (Phi) is 4.32. The van der Waals surface area contributed by atoms with Gasteiger partial charge in [0.15, 0.2) is 6.61 Å². The Bertz CT molecular complexity index is 515. The predicted octanol–water partition coefficient (Wildman–Crippen LogP) is 3.32. The Morgan fingerprint density at radius 3 is 2.35 bits per heavy atom. The summed E-state index contributed by atoms with van der Waals surface area (Å²) in [5.74, 6) is -0.119. The van der Waals surface area contributed by atoms with Crippen molar-refractivity contribution < 1.29 is 26.3 Å². The zero-order valence-corrected chi connectivity index (χ0v) is 11.1. The Morgan fingerprint density at radius 1 is 1.35 bits per heavy atom. The number of hydrogen-bond acceptors (Lipinski definition) is 3. The normalized spacial score (nSPS) is 12.5. The molecule has 0 saturated carbocycles. The first-order valence-electron chi connectivity index (χ1n) is 4.03. The van der Waals surface area contributed by atoms with E-state index in [0.717, 1.165) is 18.2 Å². The zero-order valence-electron chi connectivity index (χ0n) is 7.96. The molecule has 0 N–H and O–H groups in total. The second-order valence-corrected chi connectivity index (χ2v) is 6.35. The molecule has 0 amide bonds. The molecule has 0 aliphatic heterocycles. The van der Waals surface area contributed by atoms with Crippen molar-refractivity contribution in [2.45, 2.75) is 11.1 Å². The van der Waals surface area contributed by atoms with E-state index in [4.69, 9.17) is 10.7 Å². The van der Waals surface area contributed by atoms with Crippen LogP contribution in [-0.2, 0) is 9.05 Å². The maximum atomic E-state index is 11.9. The summed E-state index contributed by atoms with van der Waals surface area (Å²) in [5.41, 5.74) is 0. The number of halogens is 5. The molecule has 0 aliphatic carbocycles. The van der Waals surface area contributed by atoms with Crippen LogP contribution in [0.2, 0.25) is 0 Å². The maximum absolute atomic E-state index is 11.9. The molecule has 1 aromatic carbocycles. The molecule has 0 radical (unpaired) electrons. The smallest absolute Gasteiger partial charge is 0.422 e. The van der Waals surface area contributed by atoms with Gasteiger partial charge in [0.2, 0.25) is 0 Å². The first kappa shape index (κ1) is 14.6. The Morgan fingerprint density at radius 2 is 1.94 bits per heavy atom. The summed E-state index contributed by atoms with van der Waals surface area (Å²) in [6, 6.07) is 3.21. The average Bonchev–Trinajstić information content (AvgIpc) is 2.12. The van der Waals surface area contributed by atoms with Gasteiger partial charge in [-0.1, -0.05) is 0 Å². The standard InChI is InChI=1S/C8H5BrClF3O3S/c9-6-3-5(17(10,14)15)1-2-7(6)16-4-8(11,12)13/h1-3H,4H2. The van der Waals surface area contributed by atoms with Crippen LogP contribution < -0.4 is 4.74 Å². The van der Waals surface area contributed by atoms with Crippen LogP contribution in [0, 0.1) is 0 Å².